The predicted octanol–water partition coefficient (Wildman–Crippen LogP) is 2.48. The third-order valence-electron chi connectivity index (χ3n) is 7.09. The number of aliphatic imine (C=N–C) groups is 1. The first-order valence-corrected chi connectivity index (χ1v) is 12.3. The van der Waals surface area contributed by atoms with Crippen LogP contribution in [0.5, 0.6) is 0 Å². The molecule has 2 aliphatic heterocycles. The van der Waals surface area contributed by atoms with Crippen LogP contribution in [0.15, 0.2) is 59.0 Å². The second-order valence-electron chi connectivity index (χ2n) is 9.51. The molecule has 2 fully saturated rings. The first kappa shape index (κ1) is 23.3. The van der Waals surface area contributed by atoms with Crippen molar-refractivity contribution in [1.29, 1.82) is 0 Å². The minimum absolute atomic E-state index is 0.0467. The van der Waals surface area contributed by atoms with Gasteiger partial charge in [-0.25, -0.2) is 4.79 Å². The van der Waals surface area contributed by atoms with Crippen LogP contribution in [-0.2, 0) is 4.74 Å². The van der Waals surface area contributed by atoms with E-state index in [0.717, 1.165) is 61.1 Å². The number of hydrogen-bond donors (Lipinski definition) is 4. The van der Waals surface area contributed by atoms with Gasteiger partial charge in [-0.1, -0.05) is 18.2 Å². The summed E-state index contributed by atoms with van der Waals surface area (Å²) in [5.74, 6) is 0.900. The average molecular weight is 476 g/mol. The summed E-state index contributed by atoms with van der Waals surface area (Å²) in [5, 5.41) is 4.31. The number of H-pyrrole nitrogens is 1. The van der Waals surface area contributed by atoms with Crippen LogP contribution < -0.4 is 22.5 Å². The number of nitrogens with zero attached hydrogens (tertiary/aromatic N) is 3. The van der Waals surface area contributed by atoms with E-state index < -0.39 is 0 Å². The molecule has 0 amide bonds. The highest BCUT2D eigenvalue weighted by molar-refractivity contribution is 5.76. The highest BCUT2D eigenvalue weighted by Gasteiger charge is 2.29. The lowest BCUT2D eigenvalue weighted by molar-refractivity contribution is -0.0670. The van der Waals surface area contributed by atoms with Crippen molar-refractivity contribution in [2.75, 3.05) is 19.6 Å². The number of allylic oxidation sites excluding steroid dienone is 1. The highest BCUT2D eigenvalue weighted by Crippen LogP contribution is 2.36. The van der Waals surface area contributed by atoms with Gasteiger partial charge < -0.3 is 26.5 Å². The maximum atomic E-state index is 12.8. The fourth-order valence-electron chi connectivity index (χ4n) is 5.17. The molecule has 0 radical (unpaired) electrons. The monoisotopic (exact) mass is 475 g/mol. The largest absolute Gasteiger partial charge is 0.370 e. The van der Waals surface area contributed by atoms with Gasteiger partial charge in [0.2, 0.25) is 0 Å². The molecule has 0 spiro atoms. The lowest BCUT2D eigenvalue weighted by atomic mass is 9.88. The van der Waals surface area contributed by atoms with Crippen LogP contribution in [0.2, 0.25) is 0 Å². The molecule has 3 aromatic rings. The molecule has 2 saturated heterocycles. The zero-order valence-corrected chi connectivity index (χ0v) is 19.8. The SMILES string of the molecule is C=C[C@H]1C[C@@H](CCN=C(N)N)O[C@H](c2ccc(-n3cc4cc([C@@H]5CCNC5)[nH]c4nc3=O)cc2)C1. The summed E-state index contributed by atoms with van der Waals surface area (Å²) in [6.45, 7) is 6.50. The molecule has 2 aromatic heterocycles. The molecule has 4 heterocycles. The lowest BCUT2D eigenvalue weighted by Crippen LogP contribution is -2.29. The van der Waals surface area contributed by atoms with Gasteiger partial charge in [-0.05, 0) is 61.9 Å². The van der Waals surface area contributed by atoms with Crippen LogP contribution in [0.1, 0.15) is 49.0 Å². The molecule has 184 valence electrons. The Morgan fingerprint density at radius 3 is 2.83 bits per heavy atom. The van der Waals surface area contributed by atoms with Crippen molar-refractivity contribution in [3.05, 3.63) is 70.9 Å². The van der Waals surface area contributed by atoms with E-state index in [1.165, 1.54) is 0 Å². The number of ether oxygens (including phenoxy) is 1. The van der Waals surface area contributed by atoms with E-state index in [0.29, 0.717) is 24.0 Å². The second kappa shape index (κ2) is 10.1. The molecule has 0 unspecified atom stereocenters. The van der Waals surface area contributed by atoms with E-state index in [1.54, 1.807) is 4.57 Å². The Kier molecular flexibility index (Phi) is 6.70. The Bertz CT molecular complexity index is 1270. The third-order valence-corrected chi connectivity index (χ3v) is 7.09. The van der Waals surface area contributed by atoms with Gasteiger partial charge in [-0.2, -0.15) is 4.98 Å². The van der Waals surface area contributed by atoms with E-state index in [-0.39, 0.29) is 23.9 Å². The molecule has 6 N–H and O–H groups in total. The van der Waals surface area contributed by atoms with Crippen LogP contribution in [0.25, 0.3) is 16.7 Å². The zero-order chi connectivity index (χ0) is 24.4. The number of aromatic amines is 1. The maximum Gasteiger partial charge on any atom is 0.354 e. The molecule has 0 saturated carbocycles. The minimum Gasteiger partial charge on any atom is -0.370 e. The Labute approximate surface area is 204 Å². The molecule has 9 nitrogen and oxygen atoms in total. The Morgan fingerprint density at radius 1 is 1.29 bits per heavy atom. The number of nitrogens with one attached hydrogen (secondary N) is 2. The molecule has 0 aliphatic carbocycles. The number of fused-ring (bicyclic) bond motifs is 1. The van der Waals surface area contributed by atoms with Crippen molar-refractivity contribution in [3.63, 3.8) is 0 Å². The summed E-state index contributed by atoms with van der Waals surface area (Å²) < 4.78 is 7.98. The smallest absolute Gasteiger partial charge is 0.354 e. The summed E-state index contributed by atoms with van der Waals surface area (Å²) in [6, 6.07) is 10.1. The van der Waals surface area contributed by atoms with Crippen molar-refractivity contribution >= 4 is 17.0 Å². The molecule has 2 aliphatic rings. The van der Waals surface area contributed by atoms with E-state index in [4.69, 9.17) is 16.2 Å². The van der Waals surface area contributed by atoms with Gasteiger partial charge in [0.05, 0.1) is 17.9 Å². The normalized spacial score (nSPS) is 24.5. The van der Waals surface area contributed by atoms with Crippen molar-refractivity contribution < 1.29 is 4.74 Å². The van der Waals surface area contributed by atoms with Gasteiger partial charge >= 0.3 is 5.69 Å². The fourth-order valence-corrected chi connectivity index (χ4v) is 5.17. The topological polar surface area (TPSA) is 136 Å². The summed E-state index contributed by atoms with van der Waals surface area (Å²) in [4.78, 5) is 24.5. The Morgan fingerprint density at radius 2 is 2.11 bits per heavy atom. The Hall–Kier alpha value is -3.43. The minimum atomic E-state index is -0.302. The summed E-state index contributed by atoms with van der Waals surface area (Å²) in [6.07, 6.45) is 7.52. The fraction of sp³-hybridized carbons (Fsp3) is 0.423. The van der Waals surface area contributed by atoms with Crippen LogP contribution in [-0.4, -0.2) is 46.2 Å². The quantitative estimate of drug-likeness (QED) is 0.235. The van der Waals surface area contributed by atoms with Crippen LogP contribution in [0.4, 0.5) is 0 Å². The molecule has 4 atom stereocenters. The number of rotatable bonds is 7. The number of guanidine groups is 1. The number of hydrogen-bond acceptors (Lipinski definition) is 5. The molecular weight excluding hydrogens is 442 g/mol. The van der Waals surface area contributed by atoms with Crippen molar-refractivity contribution in [2.24, 2.45) is 22.4 Å². The van der Waals surface area contributed by atoms with Crippen LogP contribution in [0, 0.1) is 5.92 Å². The van der Waals surface area contributed by atoms with Crippen LogP contribution in [0.3, 0.4) is 0 Å². The van der Waals surface area contributed by atoms with Gasteiger partial charge in [0.25, 0.3) is 0 Å². The maximum absolute atomic E-state index is 12.8. The zero-order valence-electron chi connectivity index (χ0n) is 19.8. The predicted molar refractivity (Wildman–Crippen MR) is 138 cm³/mol. The molecular formula is C26H33N7O2. The van der Waals surface area contributed by atoms with Crippen molar-refractivity contribution in [3.8, 4) is 5.69 Å². The van der Waals surface area contributed by atoms with Gasteiger partial charge in [-0.15, -0.1) is 6.58 Å². The van der Waals surface area contributed by atoms with Gasteiger partial charge in [-0.3, -0.25) is 9.56 Å². The van der Waals surface area contributed by atoms with E-state index in [2.05, 4.69) is 32.9 Å². The molecule has 9 heteroatoms. The third kappa shape index (κ3) is 5.16. The van der Waals surface area contributed by atoms with Crippen molar-refractivity contribution in [2.45, 2.75) is 43.8 Å². The molecule has 0 bridgehead atoms. The van der Waals surface area contributed by atoms with E-state index in [1.807, 2.05) is 36.5 Å². The number of benzene rings is 1. The average Bonchev–Trinajstić information content (AvgIpc) is 3.53. The number of aromatic nitrogens is 3. The van der Waals surface area contributed by atoms with Gasteiger partial charge in [0.1, 0.15) is 5.65 Å². The standard InChI is InChI=1S/C26H33N7O2/c1-2-16-11-21(8-10-30-25(27)28)35-23(12-16)17-3-5-20(6-4-17)33-15-19-13-22(18-7-9-29-14-18)31-24(19)32-26(33)34/h2-6,13,15-16,18,21,23,29H,1,7-12,14H2,(H4,27,28,30)(H,31,32,34)/t16-,18+,21+,23-/m0/s1. The van der Waals surface area contributed by atoms with Crippen molar-refractivity contribution in [1.82, 2.24) is 19.9 Å². The molecule has 5 rings (SSSR count). The number of nitrogens with two attached hydrogens (primary N) is 2. The van der Waals surface area contributed by atoms with E-state index >= 15 is 0 Å². The van der Waals surface area contributed by atoms with E-state index in [9.17, 15) is 4.79 Å². The second-order valence-corrected chi connectivity index (χ2v) is 9.51. The van der Waals surface area contributed by atoms with Gasteiger partial charge in [0.15, 0.2) is 5.96 Å². The molecule has 35 heavy (non-hydrogen) atoms. The highest BCUT2D eigenvalue weighted by atomic mass is 16.5. The summed E-state index contributed by atoms with van der Waals surface area (Å²) in [5.41, 5.74) is 14.2. The van der Waals surface area contributed by atoms with Gasteiger partial charge in [0, 0.05) is 36.3 Å². The Balaban J connectivity index is 1.35. The van der Waals surface area contributed by atoms with Crippen LogP contribution >= 0.6 is 0 Å². The summed E-state index contributed by atoms with van der Waals surface area (Å²) in [7, 11) is 0. The molecule has 1 aromatic carbocycles. The summed E-state index contributed by atoms with van der Waals surface area (Å²) >= 11 is 0. The lowest BCUT2D eigenvalue weighted by Gasteiger charge is -2.34. The first-order chi connectivity index (χ1) is 17.0. The first-order valence-electron chi connectivity index (χ1n) is 12.3.